The lowest BCUT2D eigenvalue weighted by Gasteiger charge is -2.20. The number of alkyl halides is 2. The molecule has 1 saturated heterocycles. The van der Waals surface area contributed by atoms with Crippen LogP contribution in [0, 0.1) is 0 Å². The van der Waals surface area contributed by atoms with Crippen LogP contribution in [0.1, 0.15) is 13.8 Å². The number of methoxy groups -OCH3 is 1. The fraction of sp³-hybridized carbons (Fsp3) is 1.00. The lowest BCUT2D eigenvalue weighted by Crippen LogP contribution is -2.25. The average molecular weight is 364 g/mol. The number of rotatable bonds is 4. The lowest BCUT2D eigenvalue weighted by atomic mass is 10.2. The minimum atomic E-state index is -2.51. The number of hydrogen-bond donors (Lipinski definition) is 0. The van der Waals surface area contributed by atoms with Gasteiger partial charge in [-0.15, -0.1) is 0 Å². The van der Waals surface area contributed by atoms with Crippen molar-refractivity contribution in [3.05, 3.63) is 0 Å². The number of halogens is 2. The van der Waals surface area contributed by atoms with Crippen molar-refractivity contribution in [2.45, 2.75) is 29.1 Å². The van der Waals surface area contributed by atoms with Gasteiger partial charge in [0.05, 0.1) is 12.7 Å². The van der Waals surface area contributed by atoms with Crippen molar-refractivity contribution in [2.24, 2.45) is 0 Å². The summed E-state index contributed by atoms with van der Waals surface area (Å²) in [5, 5.41) is 0. The van der Waals surface area contributed by atoms with Gasteiger partial charge in [-0.3, -0.25) is 4.57 Å². The first-order valence-electron chi connectivity index (χ1n) is 4.87. The third-order valence-corrected chi connectivity index (χ3v) is 8.93. The molecular weight excluding hydrogens is 347 g/mol. The molecule has 0 aromatic carbocycles. The highest BCUT2D eigenvalue weighted by Crippen LogP contribution is 2.61. The summed E-state index contributed by atoms with van der Waals surface area (Å²) >= 11 is 7.12. The van der Waals surface area contributed by atoms with E-state index in [0.717, 1.165) is 0 Å². The van der Waals surface area contributed by atoms with Gasteiger partial charge in [0, 0.05) is 28.6 Å². The standard InChI is InChI=1S/C9H17Br2O3P/c1-7(4-13-3)14-15(12)5-8(10)9(2,11)6-15/h7-8H,4-6H2,1-3H3/t7-,8?,9?,15?/m1/s1. The summed E-state index contributed by atoms with van der Waals surface area (Å²) in [5.41, 5.74) is 0. The zero-order valence-electron chi connectivity index (χ0n) is 9.20. The molecular formula is C9H17Br2O3P. The van der Waals surface area contributed by atoms with E-state index in [1.165, 1.54) is 0 Å². The zero-order valence-corrected chi connectivity index (χ0v) is 13.3. The molecule has 1 aliphatic heterocycles. The highest BCUT2D eigenvalue weighted by molar-refractivity contribution is 9.12. The van der Waals surface area contributed by atoms with Crippen LogP contribution in [0.4, 0.5) is 0 Å². The summed E-state index contributed by atoms with van der Waals surface area (Å²) in [5.74, 6) is 0. The number of ether oxygens (including phenoxy) is 1. The van der Waals surface area contributed by atoms with Crippen LogP contribution in [-0.2, 0) is 13.8 Å². The Bertz CT molecular complexity index is 270. The van der Waals surface area contributed by atoms with E-state index in [1.807, 2.05) is 13.8 Å². The first-order chi connectivity index (χ1) is 6.79. The van der Waals surface area contributed by atoms with Crippen molar-refractivity contribution in [3.63, 3.8) is 0 Å². The van der Waals surface area contributed by atoms with Crippen LogP contribution in [0.25, 0.3) is 0 Å². The van der Waals surface area contributed by atoms with Gasteiger partial charge in [-0.05, 0) is 13.8 Å². The molecule has 1 rings (SSSR count). The van der Waals surface area contributed by atoms with Crippen LogP contribution in [0.3, 0.4) is 0 Å². The maximum Gasteiger partial charge on any atom is 0.206 e. The second kappa shape index (κ2) is 5.18. The van der Waals surface area contributed by atoms with Gasteiger partial charge in [-0.1, -0.05) is 31.9 Å². The Balaban J connectivity index is 2.59. The molecule has 0 spiro atoms. The third kappa shape index (κ3) is 3.81. The van der Waals surface area contributed by atoms with Gasteiger partial charge in [-0.25, -0.2) is 0 Å². The summed E-state index contributed by atoms with van der Waals surface area (Å²) in [4.78, 5) is 0.200. The Labute approximate surface area is 108 Å². The van der Waals surface area contributed by atoms with Crippen LogP contribution in [0.2, 0.25) is 0 Å². The smallest absolute Gasteiger partial charge is 0.206 e. The van der Waals surface area contributed by atoms with Gasteiger partial charge in [0.2, 0.25) is 7.37 Å². The van der Waals surface area contributed by atoms with Crippen LogP contribution in [0.5, 0.6) is 0 Å². The third-order valence-electron chi connectivity index (χ3n) is 2.42. The van der Waals surface area contributed by atoms with Crippen molar-refractivity contribution in [1.29, 1.82) is 0 Å². The Morgan fingerprint density at radius 1 is 1.67 bits per heavy atom. The van der Waals surface area contributed by atoms with Crippen molar-refractivity contribution in [3.8, 4) is 0 Å². The highest BCUT2D eigenvalue weighted by atomic mass is 79.9. The summed E-state index contributed by atoms with van der Waals surface area (Å²) in [6, 6.07) is 0. The molecule has 1 fully saturated rings. The largest absolute Gasteiger partial charge is 0.382 e. The monoisotopic (exact) mass is 362 g/mol. The first-order valence-corrected chi connectivity index (χ1v) is 8.58. The van der Waals surface area contributed by atoms with Gasteiger partial charge in [0.1, 0.15) is 0 Å². The van der Waals surface area contributed by atoms with Crippen LogP contribution >= 0.6 is 39.2 Å². The predicted octanol–water partition coefficient (Wildman–Crippen LogP) is 3.25. The SMILES string of the molecule is COC[C@@H](C)OP1(=O)CC(Br)C(C)(Br)C1. The molecule has 0 aliphatic carbocycles. The highest BCUT2D eigenvalue weighted by Gasteiger charge is 2.48. The Kier molecular flexibility index (Phi) is 4.89. The first kappa shape index (κ1) is 14.2. The maximum absolute atomic E-state index is 12.4. The lowest BCUT2D eigenvalue weighted by molar-refractivity contribution is 0.0944. The van der Waals surface area contributed by atoms with Gasteiger partial charge in [-0.2, -0.15) is 0 Å². The van der Waals surface area contributed by atoms with E-state index in [9.17, 15) is 4.57 Å². The predicted molar refractivity (Wildman–Crippen MR) is 69.8 cm³/mol. The summed E-state index contributed by atoms with van der Waals surface area (Å²) in [7, 11) is -0.890. The van der Waals surface area contributed by atoms with Gasteiger partial charge in [0.15, 0.2) is 0 Å². The maximum atomic E-state index is 12.4. The van der Waals surface area contributed by atoms with Crippen molar-refractivity contribution in [1.82, 2.24) is 0 Å². The van der Waals surface area contributed by atoms with Crippen LogP contribution in [-0.4, -0.2) is 41.3 Å². The molecule has 3 unspecified atom stereocenters. The quantitative estimate of drug-likeness (QED) is 0.568. The topological polar surface area (TPSA) is 35.5 Å². The molecule has 0 N–H and O–H groups in total. The van der Waals surface area contributed by atoms with E-state index in [0.29, 0.717) is 18.9 Å². The Hall–Kier alpha value is 1.11. The molecule has 1 aliphatic rings. The molecule has 0 saturated carbocycles. The zero-order chi connectivity index (χ0) is 11.7. The van der Waals surface area contributed by atoms with Crippen molar-refractivity contribution >= 4 is 39.2 Å². The Morgan fingerprint density at radius 2 is 2.27 bits per heavy atom. The van der Waals surface area contributed by atoms with Gasteiger partial charge >= 0.3 is 0 Å². The van der Waals surface area contributed by atoms with E-state index in [4.69, 9.17) is 9.26 Å². The summed E-state index contributed by atoms with van der Waals surface area (Å²) < 4.78 is 22.8. The Morgan fingerprint density at radius 3 is 2.67 bits per heavy atom. The molecule has 6 heteroatoms. The molecule has 3 nitrogen and oxygen atoms in total. The molecule has 4 atom stereocenters. The average Bonchev–Trinajstić information content (AvgIpc) is 2.19. The van der Waals surface area contributed by atoms with E-state index < -0.39 is 7.37 Å². The normalized spacial score (nSPS) is 43.1. The van der Waals surface area contributed by atoms with Crippen molar-refractivity contribution < 1.29 is 13.8 Å². The van der Waals surface area contributed by atoms with E-state index >= 15 is 0 Å². The molecule has 0 aromatic heterocycles. The molecule has 15 heavy (non-hydrogen) atoms. The molecule has 0 bridgehead atoms. The fourth-order valence-electron chi connectivity index (χ4n) is 1.74. The van der Waals surface area contributed by atoms with E-state index in [-0.39, 0.29) is 15.3 Å². The summed E-state index contributed by atoms with van der Waals surface area (Å²) in [6.45, 7) is 4.41. The van der Waals surface area contributed by atoms with Crippen LogP contribution < -0.4 is 0 Å². The molecule has 0 radical (unpaired) electrons. The fourth-order valence-corrected chi connectivity index (χ4v) is 8.10. The van der Waals surface area contributed by atoms with Gasteiger partial charge < -0.3 is 9.26 Å². The molecule has 0 amide bonds. The van der Waals surface area contributed by atoms with E-state index in [1.54, 1.807) is 7.11 Å². The van der Waals surface area contributed by atoms with Crippen LogP contribution in [0.15, 0.2) is 0 Å². The second-order valence-corrected chi connectivity index (χ2v) is 9.71. The van der Waals surface area contributed by atoms with Crippen molar-refractivity contribution in [2.75, 3.05) is 26.0 Å². The molecule has 90 valence electrons. The van der Waals surface area contributed by atoms with Gasteiger partial charge in [0.25, 0.3) is 0 Å². The minimum absolute atomic E-state index is 0.109. The molecule has 0 aromatic rings. The molecule has 1 heterocycles. The van der Waals surface area contributed by atoms with E-state index in [2.05, 4.69) is 31.9 Å². The minimum Gasteiger partial charge on any atom is -0.382 e. The second-order valence-electron chi connectivity index (χ2n) is 4.27. The summed E-state index contributed by atoms with van der Waals surface area (Å²) in [6.07, 6.45) is 1.05. The number of hydrogen-bond acceptors (Lipinski definition) is 3.